The minimum absolute atomic E-state index is 0.0256. The molecule has 103 heavy (non-hydrogen) atoms. The molecule has 30 heteroatoms. The Hall–Kier alpha value is -11.2. The van der Waals surface area contributed by atoms with Gasteiger partial charge in [0.2, 0.25) is 17.8 Å². The molecule has 9 aromatic rings. The summed E-state index contributed by atoms with van der Waals surface area (Å²) in [7, 11) is 0. The molecule has 12 heterocycles. The van der Waals surface area contributed by atoms with Gasteiger partial charge in [-0.15, -0.1) is 0 Å². The van der Waals surface area contributed by atoms with Gasteiger partial charge >= 0.3 is 12.1 Å². The lowest BCUT2D eigenvalue weighted by molar-refractivity contribution is -0.124. The second kappa shape index (κ2) is 31.4. The molecule has 0 radical (unpaired) electrons. The molecule has 3 saturated heterocycles. The van der Waals surface area contributed by atoms with Gasteiger partial charge in [0, 0.05) is 171 Å². The molecule has 0 spiro atoms. The monoisotopic (exact) mass is 1390 g/mol. The number of carbonyl (C=O) groups is 3. The Morgan fingerprint density at radius 2 is 0.738 bits per heavy atom. The van der Waals surface area contributed by atoms with Crippen LogP contribution in [0.1, 0.15) is 59.5 Å². The van der Waals surface area contributed by atoms with Crippen molar-refractivity contribution in [2.75, 3.05) is 144 Å². The van der Waals surface area contributed by atoms with Crippen molar-refractivity contribution in [2.45, 2.75) is 82.8 Å². The number of aliphatic hydroxyl groups is 1. The number of nitrogens with one attached hydrogen (secondary N) is 4. The van der Waals surface area contributed by atoms with Crippen molar-refractivity contribution in [3.05, 3.63) is 162 Å². The summed E-state index contributed by atoms with van der Waals surface area (Å²) in [5.74, 6) is 7.28. The number of anilines is 9. The largest absolute Gasteiger partial charge is 0.399 e. The zero-order valence-electron chi connectivity index (χ0n) is 57.1. The first kappa shape index (κ1) is 67.6. The van der Waals surface area contributed by atoms with Crippen LogP contribution >= 0.6 is 0 Å². The predicted octanol–water partition coefficient (Wildman–Crippen LogP) is 6.08. The summed E-state index contributed by atoms with van der Waals surface area (Å²) in [5, 5.41) is 20.8. The number of benzene rings is 3. The Morgan fingerprint density at radius 3 is 1.06 bits per heavy atom. The van der Waals surface area contributed by atoms with Crippen molar-refractivity contribution in [1.82, 2.24) is 70.4 Å². The number of nitrogens with zero attached hydrogens (tertiary/aromatic N) is 18. The van der Waals surface area contributed by atoms with Crippen LogP contribution in [-0.2, 0) is 57.9 Å². The maximum absolute atomic E-state index is 12.2. The number of nitrogen functional groups attached to an aromatic ring is 1. The summed E-state index contributed by atoms with van der Waals surface area (Å²) in [6.07, 6.45) is 14.8. The van der Waals surface area contributed by atoms with E-state index in [-0.39, 0.29) is 36.0 Å². The van der Waals surface area contributed by atoms with Gasteiger partial charge in [-0.2, -0.15) is 0 Å². The molecule has 17 rings (SSSR count). The van der Waals surface area contributed by atoms with Crippen LogP contribution in [0.2, 0.25) is 0 Å². The molecule has 0 bridgehead atoms. The quantitative estimate of drug-likeness (QED) is 0.0712. The molecule has 30 nitrogen and oxygen atoms in total. The Morgan fingerprint density at radius 1 is 0.417 bits per heavy atom. The summed E-state index contributed by atoms with van der Waals surface area (Å²) in [5.41, 5.74) is 17.2. The summed E-state index contributed by atoms with van der Waals surface area (Å²) < 4.78 is 16.7. The Labute approximate surface area is 595 Å². The average Bonchev–Trinajstić information content (AvgIpc) is 0.784. The average molecular weight is 1390 g/mol. The molecule has 8 aliphatic rings. The van der Waals surface area contributed by atoms with Crippen LogP contribution < -0.4 is 56.4 Å². The molecule has 2 aliphatic carbocycles. The number of rotatable bonds is 13. The lowest BCUT2D eigenvalue weighted by Gasteiger charge is -2.34. The van der Waals surface area contributed by atoms with E-state index in [4.69, 9.17) is 49.8 Å². The smallest absolute Gasteiger partial charge is 0.319 e. The Balaban J connectivity index is 0.000000126. The van der Waals surface area contributed by atoms with Crippen LogP contribution in [0.4, 0.5) is 61.9 Å². The Kier molecular flexibility index (Phi) is 20.6. The number of Topliss-reactive ketones (excluding diaryl/α,β-unsaturated/α-hetero) is 1. The van der Waals surface area contributed by atoms with E-state index >= 15 is 0 Å². The van der Waals surface area contributed by atoms with Gasteiger partial charge in [-0.3, -0.25) is 4.79 Å². The summed E-state index contributed by atoms with van der Waals surface area (Å²) in [4.78, 5) is 105. The van der Waals surface area contributed by atoms with Crippen molar-refractivity contribution >= 4 is 70.2 Å². The number of aromatic nitrogens is 12. The topological polar surface area (TPSA) is 347 Å². The molecule has 6 aromatic heterocycles. The van der Waals surface area contributed by atoms with Crippen molar-refractivity contribution in [3.63, 3.8) is 0 Å². The highest BCUT2D eigenvalue weighted by Gasteiger charge is 2.33. The third kappa shape index (κ3) is 16.3. The zero-order valence-corrected chi connectivity index (χ0v) is 57.1. The van der Waals surface area contributed by atoms with Crippen LogP contribution in [0.15, 0.2) is 128 Å². The van der Waals surface area contributed by atoms with Crippen LogP contribution in [0.25, 0.3) is 34.2 Å². The minimum Gasteiger partial charge on any atom is -0.399 e. The molecular weight excluding hydrogens is 1310 g/mol. The first-order chi connectivity index (χ1) is 50.5. The highest BCUT2D eigenvalue weighted by molar-refractivity contribution is 5.93. The number of urea groups is 2. The third-order valence-corrected chi connectivity index (χ3v) is 19.3. The van der Waals surface area contributed by atoms with Crippen molar-refractivity contribution in [2.24, 2.45) is 0 Å². The Bertz CT molecular complexity index is 4410. The first-order valence-corrected chi connectivity index (χ1v) is 35.2. The van der Waals surface area contributed by atoms with Gasteiger partial charge in [0.1, 0.15) is 23.2 Å². The van der Waals surface area contributed by atoms with E-state index < -0.39 is 0 Å². The van der Waals surface area contributed by atoms with Gasteiger partial charge in [0.15, 0.2) is 17.5 Å². The van der Waals surface area contributed by atoms with Crippen LogP contribution in [-0.4, -0.2) is 199 Å². The molecule has 4 amide bonds. The maximum Gasteiger partial charge on any atom is 0.319 e. The summed E-state index contributed by atoms with van der Waals surface area (Å²) in [6, 6.07) is 27.6. The van der Waals surface area contributed by atoms with Gasteiger partial charge in [-0.1, -0.05) is 0 Å². The molecule has 0 atom stereocenters. The maximum atomic E-state index is 12.2. The predicted molar refractivity (Wildman–Crippen MR) is 388 cm³/mol. The first-order valence-electron chi connectivity index (χ1n) is 35.2. The lowest BCUT2D eigenvalue weighted by atomic mass is 9.90. The fourth-order valence-corrected chi connectivity index (χ4v) is 13.6. The number of fused-ring (bicyclic) bond motifs is 3. The van der Waals surface area contributed by atoms with Gasteiger partial charge in [-0.25, -0.2) is 69.4 Å². The van der Waals surface area contributed by atoms with E-state index in [1.54, 1.807) is 37.2 Å². The number of hydrogen-bond donors (Lipinski definition) is 6. The molecule has 7 N–H and O–H groups in total. The normalized spacial score (nSPS) is 18.6. The van der Waals surface area contributed by atoms with E-state index in [0.29, 0.717) is 107 Å². The lowest BCUT2D eigenvalue weighted by Crippen LogP contribution is -2.48. The SMILES string of the molecule is Nc1ccc(-c2nc3c(c(N4CCOCC4)n2)CCN(c2ncccn2)C3)cc1.O=C(Nc1ccc(-c2nc3c(c(N4CCOCC4)n2)CCN(c2ncccn2)C3)cc1)NC1CC(O)C1.O=C1CC(NC(=O)Nc2ccc(-c3nc4c(c(N5CCOCC5)n3)CCN(c3ncccn3)C4)cc2)C1. The highest BCUT2D eigenvalue weighted by Crippen LogP contribution is 2.36. The molecule has 530 valence electrons. The molecule has 3 aromatic carbocycles. The number of carbonyl (C=O) groups excluding carboxylic acids is 3. The number of nitrogens with two attached hydrogens (primary N) is 1. The van der Waals surface area contributed by atoms with Gasteiger partial charge in [-0.05, 0) is 123 Å². The number of morpholine rings is 3. The fraction of sp³-hybridized carbons (Fsp3) is 0.384. The molecule has 0 unspecified atom stereocenters. The highest BCUT2D eigenvalue weighted by atomic mass is 16.5. The molecular formula is C73H81N23O7. The zero-order chi connectivity index (χ0) is 70.0. The number of amides is 4. The van der Waals surface area contributed by atoms with Crippen molar-refractivity contribution < 1.29 is 33.7 Å². The van der Waals surface area contributed by atoms with Gasteiger partial charge in [0.25, 0.3) is 0 Å². The van der Waals surface area contributed by atoms with E-state index in [1.165, 1.54) is 16.7 Å². The number of ether oxygens (including phenoxy) is 3. The van der Waals surface area contributed by atoms with Crippen LogP contribution in [0.5, 0.6) is 0 Å². The summed E-state index contributed by atoms with van der Waals surface area (Å²) >= 11 is 0. The standard InChI is InChI=1S/C26H30N8O3.C26H28N8O3.C21H23N7O/c2*35-20-14-19(15-20)30-26(36)29-18-4-2-17(3-5-18)23-31-22-16-34(25-27-7-1-8-28-25)9-6-21(22)24(32-23)33-10-12-37-13-11-33;22-16-4-2-15(3-5-16)19-25-18-14-28(21-23-7-1-8-24-21)9-6-17(18)20(26-19)27-10-12-29-13-11-27/h1-5,7-8,19-20,35H,6,9-16H2,(H2,29,30,36);1-5,7-8,19H,6,9-16H2,(H2,29,30,36);1-5,7-8H,6,9-14,22H2. The van der Waals surface area contributed by atoms with E-state index in [0.717, 1.165) is 160 Å². The van der Waals surface area contributed by atoms with Gasteiger partial charge < -0.3 is 75.7 Å². The third-order valence-electron chi connectivity index (χ3n) is 19.3. The van der Waals surface area contributed by atoms with Gasteiger partial charge in [0.05, 0.1) is 82.5 Å². The molecule has 2 saturated carbocycles. The second-order valence-corrected chi connectivity index (χ2v) is 26.3. The van der Waals surface area contributed by atoms with E-state index in [1.807, 2.05) is 91.0 Å². The number of hydrogen-bond acceptors (Lipinski definition) is 26. The number of ketones is 1. The fourth-order valence-electron chi connectivity index (χ4n) is 13.6. The van der Waals surface area contributed by atoms with Crippen molar-refractivity contribution in [1.29, 1.82) is 0 Å². The minimum atomic E-state index is -0.312. The van der Waals surface area contributed by atoms with E-state index in [2.05, 4.69) is 80.6 Å². The molecule has 6 aliphatic heterocycles. The number of aliphatic hydroxyl groups excluding tert-OH is 1. The van der Waals surface area contributed by atoms with Crippen LogP contribution in [0.3, 0.4) is 0 Å². The summed E-state index contributed by atoms with van der Waals surface area (Å²) in [6.45, 7) is 13.4. The van der Waals surface area contributed by atoms with E-state index in [9.17, 15) is 19.5 Å². The second-order valence-electron chi connectivity index (χ2n) is 26.3. The van der Waals surface area contributed by atoms with Crippen molar-refractivity contribution in [3.8, 4) is 34.2 Å². The van der Waals surface area contributed by atoms with Crippen LogP contribution in [0, 0.1) is 0 Å². The molecule has 5 fully saturated rings.